The molecule has 1 aliphatic heterocycles. The molecule has 100 valence electrons. The Labute approximate surface area is 103 Å². The molecular weight excluding hydrogens is 222 g/mol. The highest BCUT2D eigenvalue weighted by atomic mass is 16.6. The number of hydrogen-bond acceptors (Lipinski definition) is 5. The van der Waals surface area contributed by atoms with E-state index in [1.54, 1.807) is 18.9 Å². The van der Waals surface area contributed by atoms with Gasteiger partial charge in [-0.3, -0.25) is 4.90 Å². The highest BCUT2D eigenvalue weighted by Crippen LogP contribution is 2.34. The van der Waals surface area contributed by atoms with E-state index >= 15 is 0 Å². The molecule has 1 aliphatic rings. The second kappa shape index (κ2) is 4.23. The molecule has 0 aliphatic carbocycles. The number of carbonyl (C=O) groups is 1. The first-order valence-electron chi connectivity index (χ1n) is 5.77. The molecule has 0 aromatic heterocycles. The van der Waals surface area contributed by atoms with Crippen molar-refractivity contribution in [2.45, 2.75) is 51.5 Å². The number of esters is 1. The van der Waals surface area contributed by atoms with Crippen molar-refractivity contribution in [3.05, 3.63) is 0 Å². The highest BCUT2D eigenvalue weighted by molar-refractivity contribution is 5.79. The lowest BCUT2D eigenvalue weighted by atomic mass is 10.0. The number of carbonyl (C=O) groups excluding carboxylic acids is 1. The molecule has 1 saturated heterocycles. The predicted octanol–water partition coefficient (Wildman–Crippen LogP) is 0.757. The number of rotatable bonds is 2. The van der Waals surface area contributed by atoms with Gasteiger partial charge in [0.2, 0.25) is 5.72 Å². The molecule has 0 spiro atoms. The predicted molar refractivity (Wildman–Crippen MR) is 63.5 cm³/mol. The molecule has 0 aromatic carbocycles. The van der Waals surface area contributed by atoms with Crippen LogP contribution in [0.1, 0.15) is 34.6 Å². The van der Waals surface area contributed by atoms with Crippen molar-refractivity contribution in [1.29, 1.82) is 0 Å². The summed E-state index contributed by atoms with van der Waals surface area (Å²) < 4.78 is 10.9. The maximum atomic E-state index is 12.1. The van der Waals surface area contributed by atoms with Crippen LogP contribution in [-0.2, 0) is 14.3 Å². The van der Waals surface area contributed by atoms with E-state index in [1.165, 1.54) is 0 Å². The fraction of sp³-hybridized carbons (Fsp3) is 0.917. The quantitative estimate of drug-likeness (QED) is 0.728. The van der Waals surface area contributed by atoms with Gasteiger partial charge in [-0.05, 0) is 41.7 Å². The molecule has 1 fully saturated rings. The van der Waals surface area contributed by atoms with Crippen molar-refractivity contribution >= 4 is 5.97 Å². The van der Waals surface area contributed by atoms with Crippen LogP contribution in [0.15, 0.2) is 0 Å². The third-order valence-electron chi connectivity index (χ3n) is 3.23. The molecule has 2 atom stereocenters. The van der Waals surface area contributed by atoms with Crippen molar-refractivity contribution in [3.63, 3.8) is 0 Å². The van der Waals surface area contributed by atoms with Crippen LogP contribution < -0.4 is 0 Å². The smallest absolute Gasteiger partial charge is 0.354 e. The van der Waals surface area contributed by atoms with Gasteiger partial charge in [-0.15, -0.1) is 0 Å². The number of hydrogen-bond donors (Lipinski definition) is 1. The van der Waals surface area contributed by atoms with Gasteiger partial charge in [-0.2, -0.15) is 0 Å². The summed E-state index contributed by atoms with van der Waals surface area (Å²) in [6.45, 7) is 9.19. The molecule has 0 bridgehead atoms. The lowest BCUT2D eigenvalue weighted by Crippen LogP contribution is -2.56. The Morgan fingerprint density at radius 2 is 2.00 bits per heavy atom. The molecule has 1 rings (SSSR count). The van der Waals surface area contributed by atoms with Crippen molar-refractivity contribution in [3.8, 4) is 0 Å². The SMILES string of the molecule is CN1C(C)(CO)COC1(C)C(=O)OC(C)(C)C. The van der Waals surface area contributed by atoms with Crippen LogP contribution in [0.25, 0.3) is 0 Å². The molecule has 0 aromatic rings. The fourth-order valence-electron chi connectivity index (χ4n) is 1.73. The van der Waals surface area contributed by atoms with Gasteiger partial charge in [0, 0.05) is 0 Å². The van der Waals surface area contributed by atoms with Gasteiger partial charge in [0.05, 0.1) is 18.8 Å². The van der Waals surface area contributed by atoms with Crippen LogP contribution in [0.5, 0.6) is 0 Å². The van der Waals surface area contributed by atoms with Crippen LogP contribution >= 0.6 is 0 Å². The van der Waals surface area contributed by atoms with Gasteiger partial charge in [0.1, 0.15) is 5.60 Å². The van der Waals surface area contributed by atoms with Crippen LogP contribution in [-0.4, -0.2) is 53.1 Å². The average molecular weight is 245 g/mol. The summed E-state index contributed by atoms with van der Waals surface area (Å²) in [5, 5.41) is 9.37. The molecule has 5 heteroatoms. The van der Waals surface area contributed by atoms with Gasteiger partial charge in [0.15, 0.2) is 0 Å². The Kier molecular flexibility index (Phi) is 3.58. The fourth-order valence-corrected chi connectivity index (χ4v) is 1.73. The van der Waals surface area contributed by atoms with Crippen molar-refractivity contribution in [2.24, 2.45) is 0 Å². The first kappa shape index (κ1) is 14.4. The molecule has 2 unspecified atom stereocenters. The molecule has 5 nitrogen and oxygen atoms in total. The second-order valence-electron chi connectivity index (χ2n) is 5.99. The first-order valence-corrected chi connectivity index (χ1v) is 5.77. The third kappa shape index (κ3) is 2.61. The topological polar surface area (TPSA) is 59.0 Å². The minimum Gasteiger partial charge on any atom is -0.457 e. The molecule has 17 heavy (non-hydrogen) atoms. The van der Waals surface area contributed by atoms with Crippen LogP contribution in [0.3, 0.4) is 0 Å². The third-order valence-corrected chi connectivity index (χ3v) is 3.23. The van der Waals surface area contributed by atoms with E-state index in [4.69, 9.17) is 9.47 Å². The first-order chi connectivity index (χ1) is 7.55. The summed E-state index contributed by atoms with van der Waals surface area (Å²) in [4.78, 5) is 13.9. The zero-order valence-corrected chi connectivity index (χ0v) is 11.5. The monoisotopic (exact) mass is 245 g/mol. The van der Waals surface area contributed by atoms with E-state index in [0.29, 0.717) is 6.61 Å². The highest BCUT2D eigenvalue weighted by Gasteiger charge is 2.55. The second-order valence-corrected chi connectivity index (χ2v) is 5.99. The molecule has 1 heterocycles. The summed E-state index contributed by atoms with van der Waals surface area (Å²) in [6.07, 6.45) is 0. The molecule has 0 saturated carbocycles. The zero-order valence-electron chi connectivity index (χ0n) is 11.5. The summed E-state index contributed by atoms with van der Waals surface area (Å²) in [6, 6.07) is 0. The van der Waals surface area contributed by atoms with Crippen molar-refractivity contribution in [1.82, 2.24) is 4.90 Å². The number of ether oxygens (including phenoxy) is 2. The lowest BCUT2D eigenvalue weighted by molar-refractivity contribution is -0.190. The van der Waals surface area contributed by atoms with Crippen LogP contribution in [0.4, 0.5) is 0 Å². The maximum absolute atomic E-state index is 12.1. The van der Waals surface area contributed by atoms with Gasteiger partial charge < -0.3 is 14.6 Å². The Hall–Kier alpha value is -0.650. The summed E-state index contributed by atoms with van der Waals surface area (Å²) in [7, 11) is 1.76. The average Bonchev–Trinajstić information content (AvgIpc) is 2.43. The van der Waals surface area contributed by atoms with Gasteiger partial charge in [0.25, 0.3) is 0 Å². The maximum Gasteiger partial charge on any atom is 0.354 e. The Morgan fingerprint density at radius 3 is 2.35 bits per heavy atom. The number of likely N-dealkylation sites (N-methyl/N-ethyl adjacent to an activating group) is 1. The van der Waals surface area contributed by atoms with E-state index in [0.717, 1.165) is 0 Å². The van der Waals surface area contributed by atoms with Crippen molar-refractivity contribution in [2.75, 3.05) is 20.3 Å². The van der Waals surface area contributed by atoms with E-state index in [2.05, 4.69) is 0 Å². The molecule has 0 amide bonds. The van der Waals surface area contributed by atoms with Crippen molar-refractivity contribution < 1.29 is 19.4 Å². The standard InChI is InChI=1S/C12H23NO4/c1-10(2,3)17-9(15)12(5)13(6)11(4,7-14)8-16-12/h14H,7-8H2,1-6H3. The minimum atomic E-state index is -1.13. The minimum absolute atomic E-state index is 0.0676. The Balaban J connectivity index is 2.87. The number of aliphatic hydroxyl groups excluding tert-OH is 1. The van der Waals surface area contributed by atoms with Gasteiger partial charge in [-0.25, -0.2) is 4.79 Å². The summed E-state index contributed by atoms with van der Waals surface area (Å²) >= 11 is 0. The van der Waals surface area contributed by atoms with E-state index in [1.807, 2.05) is 27.7 Å². The Morgan fingerprint density at radius 1 is 1.47 bits per heavy atom. The van der Waals surface area contributed by atoms with Gasteiger partial charge >= 0.3 is 5.97 Å². The molecule has 0 radical (unpaired) electrons. The molecule has 1 N–H and O–H groups in total. The van der Waals surface area contributed by atoms with E-state index in [9.17, 15) is 9.90 Å². The summed E-state index contributed by atoms with van der Waals surface area (Å²) in [5.41, 5.74) is -2.24. The Bertz CT molecular complexity index is 312. The largest absolute Gasteiger partial charge is 0.457 e. The number of nitrogens with zero attached hydrogens (tertiary/aromatic N) is 1. The lowest BCUT2D eigenvalue weighted by Gasteiger charge is -2.37. The van der Waals surface area contributed by atoms with Crippen LogP contribution in [0, 0.1) is 0 Å². The van der Waals surface area contributed by atoms with E-state index < -0.39 is 22.8 Å². The zero-order chi connectivity index (χ0) is 13.5. The van der Waals surface area contributed by atoms with Crippen LogP contribution in [0.2, 0.25) is 0 Å². The normalized spacial score (nSPS) is 35.0. The van der Waals surface area contributed by atoms with E-state index in [-0.39, 0.29) is 6.61 Å². The summed E-state index contributed by atoms with van der Waals surface area (Å²) in [5.74, 6) is -0.426. The molecular formula is C12H23NO4. The number of aliphatic hydroxyl groups is 1. The van der Waals surface area contributed by atoms with Gasteiger partial charge in [-0.1, -0.05) is 0 Å².